The van der Waals surface area contributed by atoms with E-state index in [1.54, 1.807) is 21.3 Å². The lowest BCUT2D eigenvalue weighted by Gasteiger charge is -2.38. The summed E-state index contributed by atoms with van der Waals surface area (Å²) in [5, 5.41) is 1.00. The summed E-state index contributed by atoms with van der Waals surface area (Å²) in [5.74, 6) is 4.69. The highest BCUT2D eigenvalue weighted by Gasteiger charge is 2.30. The molecule has 8 nitrogen and oxygen atoms in total. The van der Waals surface area contributed by atoms with Crippen molar-refractivity contribution in [2.45, 2.75) is 18.8 Å². The maximum Gasteiger partial charge on any atom is 0.162 e. The molecule has 0 spiro atoms. The van der Waals surface area contributed by atoms with E-state index in [-0.39, 0.29) is 0 Å². The molecule has 2 fully saturated rings. The average Bonchev–Trinajstić information content (AvgIpc) is 3.72. The van der Waals surface area contributed by atoms with Gasteiger partial charge in [0.2, 0.25) is 0 Å². The molecule has 34 heavy (non-hydrogen) atoms. The van der Waals surface area contributed by atoms with Crippen molar-refractivity contribution in [3.05, 3.63) is 36.2 Å². The van der Waals surface area contributed by atoms with E-state index in [1.807, 2.05) is 12.1 Å². The number of ether oxygens (including phenoxy) is 3. The highest BCUT2D eigenvalue weighted by molar-refractivity contribution is 5.92. The lowest BCUT2D eigenvalue weighted by Crippen LogP contribution is -2.47. The third kappa shape index (κ3) is 4.13. The minimum atomic E-state index is 0.468. The second-order valence-corrected chi connectivity index (χ2v) is 9.13. The molecule has 1 aliphatic carbocycles. The van der Waals surface area contributed by atoms with Crippen LogP contribution in [0.15, 0.2) is 30.3 Å². The van der Waals surface area contributed by atoms with Gasteiger partial charge >= 0.3 is 0 Å². The average molecular weight is 464 g/mol. The van der Waals surface area contributed by atoms with Crippen LogP contribution in [0.25, 0.3) is 10.9 Å². The van der Waals surface area contributed by atoms with Crippen LogP contribution in [0.1, 0.15) is 24.6 Å². The van der Waals surface area contributed by atoms with Gasteiger partial charge in [-0.2, -0.15) is 0 Å². The van der Waals surface area contributed by atoms with E-state index in [0.29, 0.717) is 17.4 Å². The van der Waals surface area contributed by atoms with Crippen molar-refractivity contribution in [1.82, 2.24) is 9.97 Å². The van der Waals surface area contributed by atoms with Gasteiger partial charge in [0, 0.05) is 63.3 Å². The van der Waals surface area contributed by atoms with E-state index in [0.717, 1.165) is 78.7 Å². The maximum absolute atomic E-state index is 5.68. The first kappa shape index (κ1) is 22.4. The van der Waals surface area contributed by atoms with Crippen molar-refractivity contribution in [2.75, 3.05) is 76.3 Å². The summed E-state index contributed by atoms with van der Waals surface area (Å²) in [4.78, 5) is 16.8. The van der Waals surface area contributed by atoms with Crippen LogP contribution in [0.3, 0.4) is 0 Å². The molecule has 0 radical (unpaired) electrons. The van der Waals surface area contributed by atoms with Crippen LogP contribution >= 0.6 is 0 Å². The van der Waals surface area contributed by atoms with Gasteiger partial charge in [0.25, 0.3) is 0 Å². The first-order valence-electron chi connectivity index (χ1n) is 11.8. The van der Waals surface area contributed by atoms with Gasteiger partial charge in [-0.3, -0.25) is 0 Å². The Morgan fingerprint density at radius 1 is 0.794 bits per heavy atom. The van der Waals surface area contributed by atoms with Crippen LogP contribution in [-0.2, 0) is 0 Å². The minimum Gasteiger partial charge on any atom is -0.495 e. The number of nitrogens with zero attached hydrogens (tertiary/aromatic N) is 5. The summed E-state index contributed by atoms with van der Waals surface area (Å²) >= 11 is 0. The van der Waals surface area contributed by atoms with Gasteiger partial charge in [0.1, 0.15) is 17.4 Å². The Morgan fingerprint density at radius 3 is 2.06 bits per heavy atom. The molecule has 8 heteroatoms. The molecule has 1 aliphatic heterocycles. The molecule has 0 atom stereocenters. The molecule has 2 aliphatic rings. The number of hydrogen-bond donors (Lipinski definition) is 0. The fraction of sp³-hybridized carbons (Fsp3) is 0.462. The number of hydrogen-bond acceptors (Lipinski definition) is 8. The van der Waals surface area contributed by atoms with Crippen molar-refractivity contribution >= 4 is 28.1 Å². The molecule has 0 bridgehead atoms. The van der Waals surface area contributed by atoms with Crippen LogP contribution in [0.5, 0.6) is 17.2 Å². The molecule has 1 aromatic heterocycles. The van der Waals surface area contributed by atoms with E-state index in [1.165, 1.54) is 0 Å². The second kappa shape index (κ2) is 9.08. The van der Waals surface area contributed by atoms with Crippen LogP contribution < -0.4 is 28.9 Å². The van der Waals surface area contributed by atoms with E-state index < -0.39 is 0 Å². The number of methoxy groups -OCH3 is 3. The number of piperazine rings is 1. The normalized spacial score (nSPS) is 16.0. The Kier molecular flexibility index (Phi) is 5.98. The topological polar surface area (TPSA) is 63.2 Å². The molecule has 0 unspecified atom stereocenters. The van der Waals surface area contributed by atoms with E-state index >= 15 is 0 Å². The Balaban J connectivity index is 1.46. The smallest absolute Gasteiger partial charge is 0.162 e. The number of fused-ring (bicyclic) bond motifs is 1. The predicted molar refractivity (Wildman–Crippen MR) is 136 cm³/mol. The molecule has 5 rings (SSSR count). The molecule has 3 aromatic rings. The largest absolute Gasteiger partial charge is 0.495 e. The van der Waals surface area contributed by atoms with Crippen molar-refractivity contribution in [3.63, 3.8) is 0 Å². The standard InChI is InChI=1S/C26H33N5O3/c1-29(2)18-8-9-22(32-3)21(14-18)30-10-12-31(13-11-30)26-19-15-23(33-4)24(34-5)16-20(19)27-25(28-26)17-6-7-17/h8-9,14-17H,6-7,10-13H2,1-5H3. The molecule has 0 amide bonds. The summed E-state index contributed by atoms with van der Waals surface area (Å²) in [6, 6.07) is 10.3. The summed E-state index contributed by atoms with van der Waals surface area (Å²) in [5.41, 5.74) is 3.20. The van der Waals surface area contributed by atoms with Crippen molar-refractivity contribution in [1.29, 1.82) is 0 Å². The van der Waals surface area contributed by atoms with Crippen LogP contribution in [0.4, 0.5) is 17.2 Å². The zero-order valence-corrected chi connectivity index (χ0v) is 20.7. The third-order valence-corrected chi connectivity index (χ3v) is 6.74. The first-order valence-corrected chi connectivity index (χ1v) is 11.8. The molecular formula is C26H33N5O3. The fourth-order valence-corrected chi connectivity index (χ4v) is 4.58. The van der Waals surface area contributed by atoms with Gasteiger partial charge in [0.05, 0.1) is 32.5 Å². The van der Waals surface area contributed by atoms with Gasteiger partial charge < -0.3 is 28.9 Å². The minimum absolute atomic E-state index is 0.468. The fourth-order valence-electron chi connectivity index (χ4n) is 4.58. The SMILES string of the molecule is COc1cc2nc(C3CC3)nc(N3CCN(c4cc(N(C)C)ccc4OC)CC3)c2cc1OC. The lowest BCUT2D eigenvalue weighted by molar-refractivity contribution is 0.355. The summed E-state index contributed by atoms with van der Waals surface area (Å²) in [6.45, 7) is 3.48. The molecule has 2 aromatic carbocycles. The molecular weight excluding hydrogens is 430 g/mol. The zero-order chi connectivity index (χ0) is 23.8. The Bertz CT molecular complexity index is 1190. The predicted octanol–water partition coefficient (Wildman–Crippen LogP) is 3.93. The van der Waals surface area contributed by atoms with Crippen molar-refractivity contribution in [2.24, 2.45) is 0 Å². The van der Waals surface area contributed by atoms with Crippen LogP contribution in [0, 0.1) is 0 Å². The van der Waals surface area contributed by atoms with E-state index in [2.05, 4.69) is 47.0 Å². The van der Waals surface area contributed by atoms with Crippen molar-refractivity contribution in [3.8, 4) is 17.2 Å². The summed E-state index contributed by atoms with van der Waals surface area (Å²) < 4.78 is 16.8. The molecule has 180 valence electrons. The van der Waals surface area contributed by atoms with Crippen molar-refractivity contribution < 1.29 is 14.2 Å². The molecule has 2 heterocycles. The molecule has 1 saturated carbocycles. The van der Waals surface area contributed by atoms with Crippen LogP contribution in [-0.4, -0.2) is 71.6 Å². The van der Waals surface area contributed by atoms with Gasteiger partial charge in [0.15, 0.2) is 11.5 Å². The number of rotatable bonds is 7. The first-order chi connectivity index (χ1) is 16.5. The quantitative estimate of drug-likeness (QED) is 0.522. The summed E-state index contributed by atoms with van der Waals surface area (Å²) in [7, 11) is 9.18. The Hall–Kier alpha value is -3.42. The lowest BCUT2D eigenvalue weighted by atomic mass is 10.1. The van der Waals surface area contributed by atoms with Gasteiger partial charge in [-0.25, -0.2) is 9.97 Å². The molecule has 1 saturated heterocycles. The molecule has 0 N–H and O–H groups in total. The van der Waals surface area contributed by atoms with Gasteiger partial charge in [-0.15, -0.1) is 0 Å². The van der Waals surface area contributed by atoms with Gasteiger partial charge in [-0.05, 0) is 37.1 Å². The van der Waals surface area contributed by atoms with E-state index in [4.69, 9.17) is 24.2 Å². The van der Waals surface area contributed by atoms with Gasteiger partial charge in [-0.1, -0.05) is 0 Å². The number of aromatic nitrogens is 2. The highest BCUT2D eigenvalue weighted by Crippen LogP contribution is 2.42. The highest BCUT2D eigenvalue weighted by atomic mass is 16.5. The van der Waals surface area contributed by atoms with E-state index in [9.17, 15) is 0 Å². The number of benzene rings is 2. The third-order valence-electron chi connectivity index (χ3n) is 6.74. The zero-order valence-electron chi connectivity index (χ0n) is 20.7. The summed E-state index contributed by atoms with van der Waals surface area (Å²) in [6.07, 6.45) is 2.32. The Labute approximate surface area is 201 Å². The monoisotopic (exact) mass is 463 g/mol. The maximum atomic E-state index is 5.68. The second-order valence-electron chi connectivity index (χ2n) is 9.13. The van der Waals surface area contributed by atoms with Crippen LogP contribution in [0.2, 0.25) is 0 Å². The Morgan fingerprint density at radius 2 is 1.44 bits per heavy atom. The number of anilines is 3.